The average molecular weight is 293 g/mol. The van der Waals surface area contributed by atoms with E-state index in [9.17, 15) is 10.1 Å². The maximum absolute atomic E-state index is 11.0. The zero-order valence-corrected chi connectivity index (χ0v) is 13.9. The van der Waals surface area contributed by atoms with Gasteiger partial charge in [-0.15, -0.1) is 0 Å². The molecule has 1 unspecified atom stereocenters. The van der Waals surface area contributed by atoms with Crippen molar-refractivity contribution in [1.29, 1.82) is 5.26 Å². The number of hydrogen-bond donors (Lipinski definition) is 1. The van der Waals surface area contributed by atoms with Crippen LogP contribution in [0.15, 0.2) is 0 Å². The summed E-state index contributed by atoms with van der Waals surface area (Å²) in [7, 11) is 0. The normalized spacial score (nSPS) is 27.3. The van der Waals surface area contributed by atoms with Crippen molar-refractivity contribution >= 4 is 5.97 Å². The number of aliphatic carboxylic acids is 1. The van der Waals surface area contributed by atoms with Crippen molar-refractivity contribution in [2.75, 3.05) is 0 Å². The van der Waals surface area contributed by atoms with Gasteiger partial charge in [0.2, 0.25) is 0 Å². The van der Waals surface area contributed by atoms with Crippen LogP contribution in [0.4, 0.5) is 0 Å². The minimum Gasteiger partial charge on any atom is -0.481 e. The molecule has 21 heavy (non-hydrogen) atoms. The number of hydrogen-bond acceptors (Lipinski definition) is 2. The Hall–Kier alpha value is -1.04. The number of nitrogens with zero attached hydrogens (tertiary/aromatic N) is 1. The Labute approximate surface area is 129 Å². The van der Waals surface area contributed by atoms with Gasteiger partial charge in [-0.1, -0.05) is 40.0 Å². The van der Waals surface area contributed by atoms with Gasteiger partial charge in [-0.05, 0) is 50.4 Å². The van der Waals surface area contributed by atoms with Crippen LogP contribution in [0.2, 0.25) is 0 Å². The second kappa shape index (κ2) is 8.41. The van der Waals surface area contributed by atoms with Gasteiger partial charge in [0.05, 0.1) is 17.4 Å². The first-order chi connectivity index (χ1) is 9.88. The highest BCUT2D eigenvalue weighted by Gasteiger charge is 2.37. The van der Waals surface area contributed by atoms with E-state index in [1.807, 2.05) is 0 Å². The maximum Gasteiger partial charge on any atom is 0.306 e. The van der Waals surface area contributed by atoms with Crippen LogP contribution >= 0.6 is 0 Å². The topological polar surface area (TPSA) is 61.1 Å². The molecular formula is C18H31NO2. The molecule has 0 amide bonds. The number of rotatable bonds is 8. The smallest absolute Gasteiger partial charge is 0.306 e. The van der Waals surface area contributed by atoms with E-state index in [0.717, 1.165) is 31.6 Å². The molecule has 0 aliphatic heterocycles. The van der Waals surface area contributed by atoms with Gasteiger partial charge < -0.3 is 5.11 Å². The molecule has 0 radical (unpaired) electrons. The van der Waals surface area contributed by atoms with Crippen LogP contribution in [0.1, 0.15) is 78.6 Å². The van der Waals surface area contributed by atoms with Gasteiger partial charge in [0.1, 0.15) is 0 Å². The molecule has 1 atom stereocenters. The van der Waals surface area contributed by atoms with Crippen molar-refractivity contribution in [3.8, 4) is 6.07 Å². The van der Waals surface area contributed by atoms with Gasteiger partial charge in [-0.25, -0.2) is 0 Å². The van der Waals surface area contributed by atoms with Crippen molar-refractivity contribution in [3.63, 3.8) is 0 Å². The zero-order chi connectivity index (χ0) is 15.9. The molecule has 1 aliphatic rings. The standard InChI is InChI=1S/C18H31NO2/c1-14(2)5-4-6-15(3)7-10-18(13-19)11-8-16(9-12-18)17(20)21/h14-16H,4-12H2,1-3H3,(H,20,21). The summed E-state index contributed by atoms with van der Waals surface area (Å²) >= 11 is 0. The van der Waals surface area contributed by atoms with Gasteiger partial charge in [-0.3, -0.25) is 4.79 Å². The molecule has 1 saturated carbocycles. The van der Waals surface area contributed by atoms with Gasteiger partial charge in [0.15, 0.2) is 0 Å². The van der Waals surface area contributed by atoms with Crippen molar-refractivity contribution in [1.82, 2.24) is 0 Å². The van der Waals surface area contributed by atoms with E-state index in [-0.39, 0.29) is 11.3 Å². The molecule has 1 N–H and O–H groups in total. The van der Waals surface area contributed by atoms with E-state index in [2.05, 4.69) is 26.8 Å². The lowest BCUT2D eigenvalue weighted by atomic mass is 9.68. The lowest BCUT2D eigenvalue weighted by Gasteiger charge is -2.34. The zero-order valence-electron chi connectivity index (χ0n) is 13.9. The first kappa shape index (κ1) is 18.0. The highest BCUT2D eigenvalue weighted by Crippen LogP contribution is 2.43. The third-order valence-electron chi connectivity index (χ3n) is 5.12. The molecule has 3 heteroatoms. The van der Waals surface area contributed by atoms with Crippen molar-refractivity contribution in [3.05, 3.63) is 0 Å². The van der Waals surface area contributed by atoms with Gasteiger partial charge >= 0.3 is 5.97 Å². The highest BCUT2D eigenvalue weighted by molar-refractivity contribution is 5.70. The fourth-order valence-electron chi connectivity index (χ4n) is 3.38. The number of carboxylic acid groups (broad SMARTS) is 1. The summed E-state index contributed by atoms with van der Waals surface area (Å²) in [6.45, 7) is 6.81. The molecule has 120 valence electrons. The van der Waals surface area contributed by atoms with Crippen LogP contribution in [0.25, 0.3) is 0 Å². The molecule has 0 aromatic rings. The molecule has 1 rings (SSSR count). The van der Waals surface area contributed by atoms with Crippen LogP contribution < -0.4 is 0 Å². The third-order valence-corrected chi connectivity index (χ3v) is 5.12. The Bertz CT molecular complexity index is 362. The van der Waals surface area contributed by atoms with Crippen LogP contribution in [0, 0.1) is 34.5 Å². The molecular weight excluding hydrogens is 262 g/mol. The van der Waals surface area contributed by atoms with Gasteiger partial charge in [-0.2, -0.15) is 5.26 Å². The summed E-state index contributed by atoms with van der Waals surface area (Å²) in [5.74, 6) is 0.527. The molecule has 0 heterocycles. The lowest BCUT2D eigenvalue weighted by molar-refractivity contribution is -0.143. The van der Waals surface area contributed by atoms with Crippen LogP contribution in [0.5, 0.6) is 0 Å². The van der Waals surface area contributed by atoms with E-state index in [0.29, 0.717) is 18.8 Å². The minimum atomic E-state index is -0.691. The highest BCUT2D eigenvalue weighted by atomic mass is 16.4. The number of nitriles is 1. The van der Waals surface area contributed by atoms with E-state index >= 15 is 0 Å². The lowest BCUT2D eigenvalue weighted by Crippen LogP contribution is -2.29. The molecule has 0 bridgehead atoms. The summed E-state index contributed by atoms with van der Waals surface area (Å²) < 4.78 is 0. The predicted octanol–water partition coefficient (Wildman–Crippen LogP) is 5.01. The Morgan fingerprint density at radius 2 is 1.86 bits per heavy atom. The first-order valence-electron chi connectivity index (χ1n) is 8.52. The van der Waals surface area contributed by atoms with Crippen LogP contribution in [0.3, 0.4) is 0 Å². The summed E-state index contributed by atoms with van der Waals surface area (Å²) in [6.07, 6.45) is 8.72. The Morgan fingerprint density at radius 3 is 2.33 bits per heavy atom. The Balaban J connectivity index is 2.35. The molecule has 0 aromatic heterocycles. The van der Waals surface area contributed by atoms with Crippen molar-refractivity contribution in [2.45, 2.75) is 78.6 Å². The Kier molecular flexibility index (Phi) is 7.22. The van der Waals surface area contributed by atoms with Gasteiger partial charge in [0.25, 0.3) is 0 Å². The van der Waals surface area contributed by atoms with E-state index in [1.165, 1.54) is 19.3 Å². The summed E-state index contributed by atoms with van der Waals surface area (Å²) in [4.78, 5) is 11.0. The molecule has 0 spiro atoms. The van der Waals surface area contributed by atoms with E-state index < -0.39 is 5.97 Å². The average Bonchev–Trinajstić information content (AvgIpc) is 2.45. The fraction of sp³-hybridized carbons (Fsp3) is 0.889. The van der Waals surface area contributed by atoms with E-state index in [1.54, 1.807) is 0 Å². The van der Waals surface area contributed by atoms with Gasteiger partial charge in [0, 0.05) is 0 Å². The Morgan fingerprint density at radius 1 is 1.24 bits per heavy atom. The first-order valence-corrected chi connectivity index (χ1v) is 8.52. The molecule has 1 fully saturated rings. The minimum absolute atomic E-state index is 0.227. The number of carboxylic acids is 1. The number of carbonyl (C=O) groups is 1. The largest absolute Gasteiger partial charge is 0.481 e. The van der Waals surface area contributed by atoms with Crippen LogP contribution in [-0.2, 0) is 4.79 Å². The van der Waals surface area contributed by atoms with Crippen molar-refractivity contribution in [2.24, 2.45) is 23.2 Å². The molecule has 3 nitrogen and oxygen atoms in total. The molecule has 1 aliphatic carbocycles. The van der Waals surface area contributed by atoms with Crippen LogP contribution in [-0.4, -0.2) is 11.1 Å². The predicted molar refractivity (Wildman–Crippen MR) is 84.7 cm³/mol. The SMILES string of the molecule is CC(C)CCCC(C)CCC1(C#N)CCC(C(=O)O)CC1. The maximum atomic E-state index is 11.0. The second-order valence-electron chi connectivity index (χ2n) is 7.47. The monoisotopic (exact) mass is 293 g/mol. The molecule has 0 saturated heterocycles. The third kappa shape index (κ3) is 6.08. The second-order valence-corrected chi connectivity index (χ2v) is 7.47. The van der Waals surface area contributed by atoms with E-state index in [4.69, 9.17) is 5.11 Å². The summed E-state index contributed by atoms with van der Waals surface area (Å²) in [5.41, 5.74) is -0.252. The fourth-order valence-corrected chi connectivity index (χ4v) is 3.38. The summed E-state index contributed by atoms with van der Waals surface area (Å²) in [5, 5.41) is 18.6. The molecule has 0 aromatic carbocycles. The summed E-state index contributed by atoms with van der Waals surface area (Å²) in [6, 6.07) is 2.51. The quantitative estimate of drug-likeness (QED) is 0.684. The van der Waals surface area contributed by atoms with Crippen molar-refractivity contribution < 1.29 is 9.90 Å².